The molecule has 2 N–H and O–H groups in total. The zero-order chi connectivity index (χ0) is 21.1. The highest BCUT2D eigenvalue weighted by Crippen LogP contribution is 2.28. The quantitative estimate of drug-likeness (QED) is 0.277. The van der Waals surface area contributed by atoms with E-state index in [1.54, 1.807) is 21.3 Å². The van der Waals surface area contributed by atoms with Crippen LogP contribution in [0.5, 0.6) is 23.0 Å². The average molecular weight is 529 g/mol. The first-order valence-corrected chi connectivity index (χ1v) is 9.64. The molecule has 1 atom stereocenters. The third-order valence-corrected chi connectivity index (χ3v) is 4.15. The Morgan fingerprint density at radius 1 is 1.00 bits per heavy atom. The summed E-state index contributed by atoms with van der Waals surface area (Å²) < 4.78 is 22.1. The van der Waals surface area contributed by atoms with Crippen molar-refractivity contribution in [2.24, 2.45) is 4.99 Å². The summed E-state index contributed by atoms with van der Waals surface area (Å²) in [6, 6.07) is 13.4. The Bertz CT molecular complexity index is 802. The Labute approximate surface area is 196 Å². The number of aliphatic imine (C=N–C) groups is 1. The lowest BCUT2D eigenvalue weighted by molar-refractivity contribution is 0.223. The minimum absolute atomic E-state index is 0. The molecule has 2 rings (SSSR count). The van der Waals surface area contributed by atoms with Crippen LogP contribution < -0.4 is 29.6 Å². The fourth-order valence-electron chi connectivity index (χ4n) is 2.69. The molecule has 2 aromatic carbocycles. The molecule has 1 unspecified atom stereocenters. The maximum Gasteiger partial charge on any atom is 0.191 e. The monoisotopic (exact) mass is 529 g/mol. The van der Waals surface area contributed by atoms with Gasteiger partial charge in [-0.2, -0.15) is 0 Å². The Hall–Kier alpha value is -2.36. The molecule has 166 valence electrons. The van der Waals surface area contributed by atoms with Crippen molar-refractivity contribution in [2.75, 3.05) is 34.4 Å². The molecule has 30 heavy (non-hydrogen) atoms. The van der Waals surface area contributed by atoms with Gasteiger partial charge < -0.3 is 29.6 Å². The number of hydrogen-bond donors (Lipinski definition) is 2. The van der Waals surface area contributed by atoms with Crippen LogP contribution in [0.2, 0.25) is 0 Å². The van der Waals surface area contributed by atoms with Crippen molar-refractivity contribution in [2.45, 2.75) is 26.5 Å². The van der Waals surface area contributed by atoms with E-state index >= 15 is 0 Å². The first-order chi connectivity index (χ1) is 14.1. The van der Waals surface area contributed by atoms with Crippen LogP contribution in [0.3, 0.4) is 0 Å². The van der Waals surface area contributed by atoms with E-state index in [1.807, 2.05) is 56.3 Å². The van der Waals surface area contributed by atoms with Crippen LogP contribution in [-0.4, -0.2) is 46.5 Å². The van der Waals surface area contributed by atoms with Crippen molar-refractivity contribution in [3.63, 3.8) is 0 Å². The normalized spacial score (nSPS) is 11.7. The van der Waals surface area contributed by atoms with Crippen molar-refractivity contribution >= 4 is 29.9 Å². The van der Waals surface area contributed by atoms with Crippen LogP contribution in [0.1, 0.15) is 19.4 Å². The molecule has 2 aromatic rings. The number of hydrogen-bond acceptors (Lipinski definition) is 5. The van der Waals surface area contributed by atoms with E-state index in [1.165, 1.54) is 0 Å². The average Bonchev–Trinajstić information content (AvgIpc) is 2.74. The van der Waals surface area contributed by atoms with E-state index in [0.717, 1.165) is 28.6 Å². The molecule has 0 fully saturated rings. The molecule has 0 heterocycles. The Kier molecular flexibility index (Phi) is 11.8. The molecule has 0 aromatic heterocycles. The molecular formula is C22H32IN3O4. The molecule has 0 bridgehead atoms. The van der Waals surface area contributed by atoms with E-state index < -0.39 is 0 Å². The molecule has 0 amide bonds. The summed E-state index contributed by atoms with van der Waals surface area (Å²) >= 11 is 0. The van der Waals surface area contributed by atoms with Crippen molar-refractivity contribution < 1.29 is 18.9 Å². The van der Waals surface area contributed by atoms with Gasteiger partial charge in [-0.3, -0.25) is 4.99 Å². The van der Waals surface area contributed by atoms with Gasteiger partial charge >= 0.3 is 0 Å². The number of guanidine groups is 1. The van der Waals surface area contributed by atoms with Gasteiger partial charge in [-0.15, -0.1) is 24.0 Å². The fraction of sp³-hybridized carbons (Fsp3) is 0.409. The second kappa shape index (κ2) is 13.8. The molecule has 0 aliphatic heterocycles. The highest BCUT2D eigenvalue weighted by atomic mass is 127. The van der Waals surface area contributed by atoms with Gasteiger partial charge in [-0.25, -0.2) is 0 Å². The van der Waals surface area contributed by atoms with Crippen LogP contribution in [0, 0.1) is 0 Å². The third-order valence-electron chi connectivity index (χ3n) is 4.15. The van der Waals surface area contributed by atoms with Gasteiger partial charge in [0.25, 0.3) is 0 Å². The van der Waals surface area contributed by atoms with Crippen LogP contribution >= 0.6 is 24.0 Å². The third kappa shape index (κ3) is 8.17. The maximum atomic E-state index is 5.93. The van der Waals surface area contributed by atoms with E-state index in [0.29, 0.717) is 25.7 Å². The van der Waals surface area contributed by atoms with Gasteiger partial charge in [0.2, 0.25) is 0 Å². The van der Waals surface area contributed by atoms with Gasteiger partial charge in [0.15, 0.2) is 17.5 Å². The number of ether oxygens (including phenoxy) is 4. The van der Waals surface area contributed by atoms with Crippen molar-refractivity contribution in [1.82, 2.24) is 10.6 Å². The summed E-state index contributed by atoms with van der Waals surface area (Å²) in [5.74, 6) is 3.69. The zero-order valence-electron chi connectivity index (χ0n) is 18.2. The van der Waals surface area contributed by atoms with E-state index in [9.17, 15) is 0 Å². The van der Waals surface area contributed by atoms with Crippen molar-refractivity contribution in [3.8, 4) is 23.0 Å². The summed E-state index contributed by atoms with van der Waals surface area (Å²) in [7, 11) is 5.01. The first kappa shape index (κ1) is 25.7. The highest BCUT2D eigenvalue weighted by molar-refractivity contribution is 14.0. The van der Waals surface area contributed by atoms with E-state index in [-0.39, 0.29) is 30.1 Å². The van der Waals surface area contributed by atoms with Crippen LogP contribution in [0.4, 0.5) is 0 Å². The van der Waals surface area contributed by atoms with Crippen LogP contribution in [-0.2, 0) is 6.54 Å². The largest absolute Gasteiger partial charge is 0.497 e. The molecular weight excluding hydrogens is 497 g/mol. The summed E-state index contributed by atoms with van der Waals surface area (Å²) in [6.45, 7) is 5.74. The number of benzene rings is 2. The van der Waals surface area contributed by atoms with Gasteiger partial charge in [0.1, 0.15) is 17.6 Å². The minimum atomic E-state index is -0.0498. The van der Waals surface area contributed by atoms with Gasteiger partial charge in [-0.05, 0) is 43.7 Å². The lowest BCUT2D eigenvalue weighted by Gasteiger charge is -2.18. The number of halogens is 1. The molecule has 8 heteroatoms. The summed E-state index contributed by atoms with van der Waals surface area (Å²) in [4.78, 5) is 4.26. The van der Waals surface area contributed by atoms with Crippen LogP contribution in [0.15, 0.2) is 47.5 Å². The number of nitrogens with one attached hydrogen (secondary N) is 2. The standard InChI is InChI=1S/C22H31N3O4.HI/c1-6-28-21-12-17(10-11-20(21)27-5)15-25-22(23-3)24-14-16(2)29-19-9-7-8-18(13-19)26-4;/h7-13,16H,6,14-15H2,1-5H3,(H2,23,24,25);1H. The predicted molar refractivity (Wildman–Crippen MR) is 131 cm³/mol. The molecule has 0 saturated heterocycles. The zero-order valence-corrected chi connectivity index (χ0v) is 20.6. The second-order valence-electron chi connectivity index (χ2n) is 6.33. The topological polar surface area (TPSA) is 73.3 Å². The molecule has 0 aliphatic rings. The number of methoxy groups -OCH3 is 2. The predicted octanol–water partition coefficient (Wildman–Crippen LogP) is 3.85. The SMILES string of the molecule is CCOc1cc(CNC(=NC)NCC(C)Oc2cccc(OC)c2)ccc1OC.I. The van der Waals surface area contributed by atoms with E-state index in [4.69, 9.17) is 18.9 Å². The molecule has 0 saturated carbocycles. The lowest BCUT2D eigenvalue weighted by Crippen LogP contribution is -2.41. The molecule has 0 aliphatic carbocycles. The Balaban J connectivity index is 0.00000450. The van der Waals surface area contributed by atoms with Crippen molar-refractivity contribution in [3.05, 3.63) is 48.0 Å². The van der Waals surface area contributed by atoms with Crippen molar-refractivity contribution in [1.29, 1.82) is 0 Å². The Morgan fingerprint density at radius 2 is 1.77 bits per heavy atom. The minimum Gasteiger partial charge on any atom is -0.497 e. The van der Waals surface area contributed by atoms with Gasteiger partial charge in [0, 0.05) is 19.7 Å². The summed E-state index contributed by atoms with van der Waals surface area (Å²) in [6.07, 6.45) is -0.0498. The summed E-state index contributed by atoms with van der Waals surface area (Å²) in [5.41, 5.74) is 1.07. The highest BCUT2D eigenvalue weighted by Gasteiger charge is 2.08. The number of nitrogens with zero attached hydrogens (tertiary/aromatic N) is 1. The lowest BCUT2D eigenvalue weighted by atomic mass is 10.2. The summed E-state index contributed by atoms with van der Waals surface area (Å²) in [5, 5.41) is 6.57. The first-order valence-electron chi connectivity index (χ1n) is 9.64. The Morgan fingerprint density at radius 3 is 2.43 bits per heavy atom. The maximum absolute atomic E-state index is 5.93. The van der Waals surface area contributed by atoms with Gasteiger partial charge in [0.05, 0.1) is 27.4 Å². The van der Waals surface area contributed by atoms with Gasteiger partial charge in [-0.1, -0.05) is 12.1 Å². The van der Waals surface area contributed by atoms with Crippen LogP contribution in [0.25, 0.3) is 0 Å². The number of rotatable bonds is 10. The molecule has 7 nitrogen and oxygen atoms in total. The fourth-order valence-corrected chi connectivity index (χ4v) is 2.69. The molecule has 0 spiro atoms. The molecule has 0 radical (unpaired) electrons. The van der Waals surface area contributed by atoms with E-state index in [2.05, 4.69) is 15.6 Å². The smallest absolute Gasteiger partial charge is 0.191 e. The second-order valence-corrected chi connectivity index (χ2v) is 6.33.